The molecule has 1 aromatic heterocycles. The van der Waals surface area contributed by atoms with Crippen LogP contribution in [0.3, 0.4) is 0 Å². The highest BCUT2D eigenvalue weighted by Crippen LogP contribution is 2.35. The average molecular weight is 357 g/mol. The molecule has 21 heavy (non-hydrogen) atoms. The van der Waals surface area contributed by atoms with E-state index in [9.17, 15) is 0 Å². The minimum Gasteiger partial charge on any atom is -0.308 e. The quantitative estimate of drug-likeness (QED) is 0.382. The lowest BCUT2D eigenvalue weighted by atomic mass is 10.2. The molecule has 0 aliphatic carbocycles. The Bertz CT molecular complexity index is 918. The maximum absolute atomic E-state index is 6.08. The fourth-order valence-electron chi connectivity index (χ4n) is 2.84. The van der Waals surface area contributed by atoms with Crippen molar-refractivity contribution in [3.05, 3.63) is 76.2 Å². The number of aromatic nitrogens is 1. The van der Waals surface area contributed by atoms with Crippen LogP contribution in [0.5, 0.6) is 0 Å². The lowest BCUT2D eigenvalue weighted by Crippen LogP contribution is -1.94. The van der Waals surface area contributed by atoms with Crippen molar-refractivity contribution in [1.29, 1.82) is 0 Å². The van der Waals surface area contributed by atoms with Crippen LogP contribution in [0.4, 0.5) is 0 Å². The van der Waals surface area contributed by atoms with Gasteiger partial charge in [0, 0.05) is 20.3 Å². The second-order valence-corrected chi connectivity index (χ2v) is 6.26. The highest BCUT2D eigenvalue weighted by molar-refractivity contribution is 9.10. The van der Waals surface area contributed by atoms with Gasteiger partial charge < -0.3 is 4.57 Å². The number of rotatable bonds is 1. The van der Waals surface area contributed by atoms with Gasteiger partial charge in [-0.05, 0) is 46.3 Å². The zero-order valence-electron chi connectivity index (χ0n) is 11.1. The third-order valence-corrected chi connectivity index (χ3v) is 4.60. The molecule has 0 aliphatic heterocycles. The van der Waals surface area contributed by atoms with Gasteiger partial charge >= 0.3 is 0 Å². The third-order valence-electron chi connectivity index (χ3n) is 3.73. The molecule has 4 rings (SSSR count). The molecule has 0 aliphatic rings. The normalized spacial score (nSPS) is 11.3. The summed E-state index contributed by atoms with van der Waals surface area (Å²) in [5.74, 6) is 0. The van der Waals surface area contributed by atoms with E-state index in [0.717, 1.165) is 15.2 Å². The molecule has 4 aromatic rings. The maximum atomic E-state index is 6.08. The van der Waals surface area contributed by atoms with Gasteiger partial charge in [0.1, 0.15) is 0 Å². The van der Waals surface area contributed by atoms with E-state index in [2.05, 4.69) is 69.0 Å². The summed E-state index contributed by atoms with van der Waals surface area (Å²) in [6, 6.07) is 22.8. The summed E-state index contributed by atoms with van der Waals surface area (Å²) in [4.78, 5) is 0. The fraction of sp³-hybridized carbons (Fsp3) is 0. The predicted octanol–water partition coefficient (Wildman–Crippen LogP) is 6.20. The van der Waals surface area contributed by atoms with Gasteiger partial charge in [-0.3, -0.25) is 0 Å². The van der Waals surface area contributed by atoms with Gasteiger partial charge in [-0.25, -0.2) is 0 Å². The molecule has 3 heteroatoms. The van der Waals surface area contributed by atoms with E-state index < -0.39 is 0 Å². The van der Waals surface area contributed by atoms with Crippen LogP contribution in [0.15, 0.2) is 71.2 Å². The average Bonchev–Trinajstić information content (AvgIpc) is 2.82. The molecule has 102 valence electrons. The van der Waals surface area contributed by atoms with Crippen LogP contribution in [0.2, 0.25) is 5.02 Å². The molecule has 1 heterocycles. The molecule has 0 spiro atoms. The first-order valence-corrected chi connectivity index (χ1v) is 7.86. The molecular weight excluding hydrogens is 346 g/mol. The molecule has 0 fully saturated rings. The number of hydrogen-bond acceptors (Lipinski definition) is 0. The van der Waals surface area contributed by atoms with Gasteiger partial charge in [-0.2, -0.15) is 0 Å². The van der Waals surface area contributed by atoms with E-state index in [1.54, 1.807) is 0 Å². The lowest BCUT2D eigenvalue weighted by molar-refractivity contribution is 1.17. The SMILES string of the molecule is Clc1ccc(-n2c3ccccc3c3ccccc32)c(Br)c1. The molecule has 0 saturated carbocycles. The molecule has 1 nitrogen and oxygen atoms in total. The van der Waals surface area contributed by atoms with Crippen LogP contribution in [0, 0.1) is 0 Å². The van der Waals surface area contributed by atoms with Crippen molar-refractivity contribution in [1.82, 2.24) is 4.57 Å². The van der Waals surface area contributed by atoms with E-state index in [0.29, 0.717) is 0 Å². The topological polar surface area (TPSA) is 4.93 Å². The molecule has 0 atom stereocenters. The van der Waals surface area contributed by atoms with Gasteiger partial charge in [-0.15, -0.1) is 0 Å². The summed E-state index contributed by atoms with van der Waals surface area (Å²) < 4.78 is 3.26. The van der Waals surface area contributed by atoms with Crippen molar-refractivity contribution >= 4 is 49.3 Å². The van der Waals surface area contributed by atoms with Crippen molar-refractivity contribution in [2.24, 2.45) is 0 Å². The molecule has 0 radical (unpaired) electrons. The van der Waals surface area contributed by atoms with Crippen molar-refractivity contribution in [3.63, 3.8) is 0 Å². The molecule has 0 amide bonds. The summed E-state index contributed by atoms with van der Waals surface area (Å²) in [7, 11) is 0. The molecule has 3 aromatic carbocycles. The third kappa shape index (κ3) is 1.98. The molecule has 0 N–H and O–H groups in total. The monoisotopic (exact) mass is 355 g/mol. The Labute approximate surface area is 135 Å². The maximum Gasteiger partial charge on any atom is 0.0605 e. The highest BCUT2D eigenvalue weighted by atomic mass is 79.9. The van der Waals surface area contributed by atoms with E-state index >= 15 is 0 Å². The van der Waals surface area contributed by atoms with Crippen LogP contribution in [0.1, 0.15) is 0 Å². The van der Waals surface area contributed by atoms with Crippen molar-refractivity contribution < 1.29 is 0 Å². The summed E-state index contributed by atoms with van der Waals surface area (Å²) in [6.07, 6.45) is 0. The van der Waals surface area contributed by atoms with Gasteiger partial charge in [0.15, 0.2) is 0 Å². The van der Waals surface area contributed by atoms with E-state index in [1.807, 2.05) is 18.2 Å². The molecule has 0 bridgehead atoms. The van der Waals surface area contributed by atoms with Gasteiger partial charge in [0.2, 0.25) is 0 Å². The minimum absolute atomic E-state index is 0.728. The fourth-order valence-corrected chi connectivity index (χ4v) is 3.70. The number of nitrogens with zero attached hydrogens (tertiary/aromatic N) is 1. The minimum atomic E-state index is 0.728. The largest absolute Gasteiger partial charge is 0.308 e. The standard InChI is InChI=1S/C18H11BrClN/c19-15-11-12(20)9-10-18(15)21-16-7-3-1-5-13(16)14-6-2-4-8-17(14)21/h1-11H. The van der Waals surface area contributed by atoms with Crippen molar-refractivity contribution in [2.75, 3.05) is 0 Å². The van der Waals surface area contributed by atoms with Crippen LogP contribution >= 0.6 is 27.5 Å². The predicted molar refractivity (Wildman–Crippen MR) is 93.5 cm³/mol. The lowest BCUT2D eigenvalue weighted by Gasteiger charge is -2.10. The Morgan fingerprint density at radius 3 is 1.90 bits per heavy atom. The second-order valence-electron chi connectivity index (χ2n) is 4.97. The summed E-state index contributed by atoms with van der Waals surface area (Å²) >= 11 is 9.71. The van der Waals surface area contributed by atoms with Gasteiger partial charge in [0.05, 0.1) is 16.7 Å². The van der Waals surface area contributed by atoms with E-state index in [1.165, 1.54) is 21.8 Å². The Balaban J connectivity index is 2.20. The second kappa shape index (κ2) is 4.90. The van der Waals surface area contributed by atoms with Gasteiger partial charge in [-0.1, -0.05) is 48.0 Å². The zero-order chi connectivity index (χ0) is 14.4. The Morgan fingerprint density at radius 1 is 0.762 bits per heavy atom. The molecular formula is C18H11BrClN. The first kappa shape index (κ1) is 12.9. The summed E-state index contributed by atoms with van der Waals surface area (Å²) in [6.45, 7) is 0. The molecule has 0 saturated heterocycles. The number of fused-ring (bicyclic) bond motifs is 3. The van der Waals surface area contributed by atoms with Crippen LogP contribution < -0.4 is 0 Å². The number of hydrogen-bond donors (Lipinski definition) is 0. The number of benzene rings is 3. The smallest absolute Gasteiger partial charge is 0.0605 e. The Kier molecular flexibility index (Phi) is 3.02. The molecule has 0 unspecified atom stereocenters. The van der Waals surface area contributed by atoms with Crippen LogP contribution in [0.25, 0.3) is 27.5 Å². The van der Waals surface area contributed by atoms with Crippen LogP contribution in [-0.4, -0.2) is 4.57 Å². The summed E-state index contributed by atoms with van der Waals surface area (Å²) in [5.41, 5.74) is 3.49. The Morgan fingerprint density at radius 2 is 1.33 bits per heavy atom. The van der Waals surface area contributed by atoms with Gasteiger partial charge in [0.25, 0.3) is 0 Å². The van der Waals surface area contributed by atoms with E-state index in [-0.39, 0.29) is 0 Å². The number of halogens is 2. The highest BCUT2D eigenvalue weighted by Gasteiger charge is 2.13. The first-order valence-electron chi connectivity index (χ1n) is 6.69. The van der Waals surface area contributed by atoms with Crippen LogP contribution in [-0.2, 0) is 0 Å². The van der Waals surface area contributed by atoms with Crippen molar-refractivity contribution in [2.45, 2.75) is 0 Å². The number of para-hydroxylation sites is 2. The Hall–Kier alpha value is -1.77. The summed E-state index contributed by atoms with van der Waals surface area (Å²) in [5, 5.41) is 3.25. The van der Waals surface area contributed by atoms with Crippen molar-refractivity contribution in [3.8, 4) is 5.69 Å². The van der Waals surface area contributed by atoms with E-state index in [4.69, 9.17) is 11.6 Å². The zero-order valence-corrected chi connectivity index (χ0v) is 13.4. The first-order chi connectivity index (χ1) is 10.3.